The van der Waals surface area contributed by atoms with Gasteiger partial charge in [0.1, 0.15) is 5.25 Å². The number of carbonyl (C=O) groups excluding carboxylic acids is 2. The molecule has 2 aromatic carbocycles. The van der Waals surface area contributed by atoms with E-state index in [-0.39, 0.29) is 18.5 Å². The molecule has 0 radical (unpaired) electrons. The van der Waals surface area contributed by atoms with Crippen molar-refractivity contribution in [2.24, 2.45) is 0 Å². The number of carbonyl (C=O) groups is 2. The molecular weight excluding hydrogens is 486 g/mol. The molecule has 0 aliphatic carbocycles. The van der Waals surface area contributed by atoms with Gasteiger partial charge in [-0.25, -0.2) is 0 Å². The minimum atomic E-state index is -0.636. The number of thioether (sulfide) groups is 1. The van der Waals surface area contributed by atoms with E-state index < -0.39 is 5.54 Å². The number of amides is 2. The van der Waals surface area contributed by atoms with Gasteiger partial charge >= 0.3 is 0 Å². The zero-order valence-corrected chi connectivity index (χ0v) is 22.3. The highest BCUT2D eigenvalue weighted by Crippen LogP contribution is 2.44. The molecule has 5 nitrogen and oxygen atoms in total. The van der Waals surface area contributed by atoms with Crippen molar-refractivity contribution in [3.8, 4) is 0 Å². The summed E-state index contributed by atoms with van der Waals surface area (Å²) in [6.07, 6.45) is 0.648. The lowest BCUT2D eigenvalue weighted by atomic mass is 9.76. The van der Waals surface area contributed by atoms with Crippen LogP contribution >= 0.6 is 23.1 Å². The van der Waals surface area contributed by atoms with E-state index in [0.717, 1.165) is 59.0 Å². The van der Waals surface area contributed by atoms with E-state index in [4.69, 9.17) is 0 Å². The van der Waals surface area contributed by atoms with Crippen molar-refractivity contribution in [3.63, 3.8) is 0 Å². The molecule has 2 unspecified atom stereocenters. The lowest BCUT2D eigenvalue weighted by Gasteiger charge is -2.42. The highest BCUT2D eigenvalue weighted by molar-refractivity contribution is 8.00. The summed E-state index contributed by atoms with van der Waals surface area (Å²) >= 11 is 3.22. The summed E-state index contributed by atoms with van der Waals surface area (Å²) < 4.78 is 0. The fraction of sp³-hybridized carbons (Fsp3) is 0.310. The van der Waals surface area contributed by atoms with Crippen LogP contribution in [0.5, 0.6) is 0 Å². The molecule has 2 atom stereocenters. The normalized spacial score (nSPS) is 22.4. The van der Waals surface area contributed by atoms with Gasteiger partial charge in [0.2, 0.25) is 11.8 Å². The molecule has 0 saturated carbocycles. The summed E-state index contributed by atoms with van der Waals surface area (Å²) in [4.78, 5) is 30.6. The second-order valence-corrected chi connectivity index (χ2v) is 11.5. The van der Waals surface area contributed by atoms with Gasteiger partial charge in [-0.05, 0) is 58.6 Å². The molecule has 188 valence electrons. The Labute approximate surface area is 222 Å². The Hall–Kier alpha value is -3.03. The summed E-state index contributed by atoms with van der Waals surface area (Å²) in [6.45, 7) is 11.2. The van der Waals surface area contributed by atoms with Crippen LogP contribution in [0.2, 0.25) is 0 Å². The Bertz CT molecular complexity index is 1250. The number of nitrogens with one attached hydrogen (secondary N) is 1. The third-order valence-corrected chi connectivity index (χ3v) is 9.42. The Morgan fingerprint density at radius 2 is 1.81 bits per heavy atom. The summed E-state index contributed by atoms with van der Waals surface area (Å²) in [5, 5.41) is 7.27. The second kappa shape index (κ2) is 10.1. The lowest BCUT2D eigenvalue weighted by Crippen LogP contribution is -2.54. The molecular formula is C29H33N3O2S2. The molecule has 2 fully saturated rings. The van der Waals surface area contributed by atoms with Gasteiger partial charge in [0.05, 0.1) is 5.54 Å². The van der Waals surface area contributed by atoms with E-state index in [0.29, 0.717) is 6.42 Å². The molecule has 1 aromatic heterocycles. The first kappa shape index (κ1) is 24.7. The molecule has 36 heavy (non-hydrogen) atoms. The first-order valence-corrected chi connectivity index (χ1v) is 14.1. The van der Waals surface area contributed by atoms with E-state index in [2.05, 4.69) is 76.9 Å². The van der Waals surface area contributed by atoms with Gasteiger partial charge in [-0.2, -0.15) is 11.3 Å². The predicted octanol–water partition coefficient (Wildman–Crippen LogP) is 5.45. The van der Waals surface area contributed by atoms with Crippen LogP contribution in [0.15, 0.2) is 82.4 Å². The van der Waals surface area contributed by atoms with Gasteiger partial charge in [0, 0.05) is 51.5 Å². The van der Waals surface area contributed by atoms with E-state index in [1.54, 1.807) is 30.0 Å². The third-order valence-electron chi connectivity index (χ3n) is 7.24. The number of benzene rings is 2. The van der Waals surface area contributed by atoms with Crippen LogP contribution in [-0.2, 0) is 15.1 Å². The number of hydrogen-bond donors (Lipinski definition) is 1. The molecule has 3 aromatic rings. The Morgan fingerprint density at radius 3 is 2.42 bits per heavy atom. The van der Waals surface area contributed by atoms with Crippen molar-refractivity contribution in [2.75, 3.05) is 31.1 Å². The van der Waals surface area contributed by atoms with E-state index in [1.807, 2.05) is 17.0 Å². The molecule has 3 heterocycles. The van der Waals surface area contributed by atoms with E-state index in [9.17, 15) is 9.59 Å². The highest BCUT2D eigenvalue weighted by Gasteiger charge is 2.44. The van der Waals surface area contributed by atoms with Gasteiger partial charge in [-0.1, -0.05) is 42.5 Å². The topological polar surface area (TPSA) is 52.6 Å². The monoisotopic (exact) mass is 519 g/mol. The molecule has 7 heteroatoms. The Balaban J connectivity index is 0.00000320. The molecule has 2 aliphatic heterocycles. The molecule has 0 spiro atoms. The predicted molar refractivity (Wildman–Crippen MR) is 151 cm³/mol. The lowest BCUT2D eigenvalue weighted by molar-refractivity contribution is -0.129. The number of piperidine rings is 1. The fourth-order valence-electron chi connectivity index (χ4n) is 5.15. The molecule has 2 saturated heterocycles. The van der Waals surface area contributed by atoms with Crippen LogP contribution in [0.4, 0.5) is 5.69 Å². The van der Waals surface area contributed by atoms with Crippen LogP contribution < -0.4 is 10.2 Å². The first-order chi connectivity index (χ1) is 17.4. The van der Waals surface area contributed by atoms with Gasteiger partial charge in [0.25, 0.3) is 0 Å². The number of nitrogens with zero attached hydrogens (tertiary/aromatic N) is 2. The number of piperazine rings is 1. The van der Waals surface area contributed by atoms with Crippen LogP contribution in [-0.4, -0.2) is 48.1 Å². The maximum atomic E-state index is 13.6. The number of hydrogen-bond acceptors (Lipinski definition) is 5. The van der Waals surface area contributed by atoms with E-state index in [1.165, 1.54) is 0 Å². The van der Waals surface area contributed by atoms with Gasteiger partial charge in [-0.3, -0.25) is 9.59 Å². The van der Waals surface area contributed by atoms with Crippen molar-refractivity contribution in [3.05, 3.63) is 94.2 Å². The zero-order valence-electron chi connectivity index (χ0n) is 20.7. The molecule has 1 N–H and O–H groups in total. The minimum Gasteiger partial charge on any atom is -0.368 e. The van der Waals surface area contributed by atoms with Crippen molar-refractivity contribution >= 4 is 40.6 Å². The highest BCUT2D eigenvalue weighted by atomic mass is 32.2. The quantitative estimate of drug-likeness (QED) is 0.456. The van der Waals surface area contributed by atoms with Crippen molar-refractivity contribution in [1.82, 2.24) is 10.2 Å². The average Bonchev–Trinajstić information content (AvgIpc) is 3.43. The molecule has 5 rings (SSSR count). The Morgan fingerprint density at radius 1 is 1.08 bits per heavy atom. The van der Waals surface area contributed by atoms with Crippen molar-refractivity contribution in [1.29, 1.82) is 0 Å². The number of rotatable bonds is 5. The smallest absolute Gasteiger partial charge is 0.238 e. The van der Waals surface area contributed by atoms with Gasteiger partial charge in [0.15, 0.2) is 0 Å². The summed E-state index contributed by atoms with van der Waals surface area (Å²) in [7, 11) is 0. The second-order valence-electron chi connectivity index (χ2n) is 9.55. The molecule has 0 bridgehead atoms. The van der Waals surface area contributed by atoms with Gasteiger partial charge in [-0.15, -0.1) is 11.8 Å². The van der Waals surface area contributed by atoms with Crippen LogP contribution in [0, 0.1) is 6.92 Å². The van der Waals surface area contributed by atoms with E-state index >= 15 is 0 Å². The molecule has 2 amide bonds. The molecule has 2 aliphatic rings. The van der Waals surface area contributed by atoms with Crippen LogP contribution in [0.1, 0.15) is 31.5 Å². The van der Waals surface area contributed by atoms with Crippen molar-refractivity contribution < 1.29 is 11.0 Å². The first-order valence-electron chi connectivity index (χ1n) is 12.2. The third kappa shape index (κ3) is 4.70. The Kier molecular flexibility index (Phi) is 6.95. The fourth-order valence-corrected chi connectivity index (χ4v) is 6.96. The number of aryl methyl sites for hydroxylation is 1. The standard InChI is InChI=1S/C29H31N3O2S2.H2/c1-20-6-4-5-7-26(20)36-27-21(2)18-29(30-28(27)34,24-12-17-35-19-24)23-8-10-25(11-9-23)32-15-13-31(14-16-32)22(3)33;/h4-12,17,19,27H,2,13-16,18H2,1,3H3,(H,30,34);1H. The summed E-state index contributed by atoms with van der Waals surface area (Å²) in [6, 6.07) is 18.8. The maximum absolute atomic E-state index is 13.6. The largest absolute Gasteiger partial charge is 0.368 e. The zero-order chi connectivity index (χ0) is 25.3. The van der Waals surface area contributed by atoms with Gasteiger partial charge < -0.3 is 15.1 Å². The summed E-state index contributed by atoms with van der Waals surface area (Å²) in [5.41, 5.74) is 4.74. The number of anilines is 1. The minimum absolute atomic E-state index is 0. The number of thiophene rings is 1. The summed E-state index contributed by atoms with van der Waals surface area (Å²) in [5.74, 6) is 0.130. The SMILES string of the molecule is C=C1CC(c2ccc(N3CCN(C(C)=O)CC3)cc2)(c2ccsc2)NC(=O)C1Sc1ccccc1C.[HH]. The average molecular weight is 520 g/mol. The van der Waals surface area contributed by atoms with Crippen molar-refractivity contribution in [2.45, 2.75) is 36.0 Å². The maximum Gasteiger partial charge on any atom is 0.238 e. The van der Waals surface area contributed by atoms with Crippen LogP contribution in [0.3, 0.4) is 0 Å². The van der Waals surface area contributed by atoms with Crippen LogP contribution in [0.25, 0.3) is 0 Å².